The summed E-state index contributed by atoms with van der Waals surface area (Å²) in [5, 5.41) is 0. The molecule has 2 aliphatic rings. The summed E-state index contributed by atoms with van der Waals surface area (Å²) in [6.45, 7) is 1.55. The molecule has 84 valence electrons. The molecule has 3 nitrogen and oxygen atoms in total. The summed E-state index contributed by atoms with van der Waals surface area (Å²) in [4.78, 5) is 13.8. The Morgan fingerprint density at radius 3 is 2.75 bits per heavy atom. The lowest BCUT2D eigenvalue weighted by molar-refractivity contribution is -0.129. The highest BCUT2D eigenvalue weighted by molar-refractivity contribution is 5.79. The number of rotatable bonds is 3. The normalized spacial score (nSPS) is 28.5. The molecule has 2 fully saturated rings. The minimum Gasteiger partial charge on any atom is -0.371 e. The van der Waals surface area contributed by atoms with Crippen LogP contribution in [0.2, 0.25) is 0 Å². The number of nitrogens with zero attached hydrogens (tertiary/aromatic N) is 1. The van der Waals surface area contributed by atoms with Crippen LogP contribution < -0.4 is 0 Å². The number of epoxide rings is 1. The molecular weight excluding hydrogens is 202 g/mol. The van der Waals surface area contributed by atoms with Gasteiger partial charge in [-0.15, -0.1) is 0 Å². The van der Waals surface area contributed by atoms with Crippen molar-refractivity contribution in [3.05, 3.63) is 35.9 Å². The maximum Gasteiger partial charge on any atom is 0.223 e. The van der Waals surface area contributed by atoms with Gasteiger partial charge in [-0.3, -0.25) is 4.79 Å². The number of carbonyl (C=O) groups excluding carboxylic acids is 1. The largest absolute Gasteiger partial charge is 0.371 e. The molecule has 2 aliphatic heterocycles. The standard InChI is InChI=1S/C13H15NO2/c15-13-7-6-11(12-9-16-12)14(13)8-10-4-2-1-3-5-10/h1-5,11-12H,6-9H2/t11-,12?/m1/s1. The van der Waals surface area contributed by atoms with Gasteiger partial charge in [0.25, 0.3) is 0 Å². The fraction of sp³-hybridized carbons (Fsp3) is 0.462. The lowest BCUT2D eigenvalue weighted by atomic mass is 10.1. The van der Waals surface area contributed by atoms with E-state index in [0.29, 0.717) is 18.6 Å². The Kier molecular flexibility index (Phi) is 2.40. The second-order valence-electron chi connectivity index (χ2n) is 4.49. The fourth-order valence-electron chi connectivity index (χ4n) is 2.41. The molecule has 0 spiro atoms. The van der Waals surface area contributed by atoms with Gasteiger partial charge in [-0.1, -0.05) is 30.3 Å². The summed E-state index contributed by atoms with van der Waals surface area (Å²) in [6, 6.07) is 10.5. The van der Waals surface area contributed by atoms with Gasteiger partial charge in [-0.2, -0.15) is 0 Å². The molecule has 0 aliphatic carbocycles. The molecule has 1 aromatic rings. The molecule has 1 amide bonds. The molecule has 3 rings (SSSR count). The number of amides is 1. The van der Waals surface area contributed by atoms with E-state index in [1.165, 1.54) is 5.56 Å². The minimum atomic E-state index is 0.268. The number of benzene rings is 1. The quantitative estimate of drug-likeness (QED) is 0.720. The van der Waals surface area contributed by atoms with Crippen LogP contribution in [-0.2, 0) is 16.1 Å². The zero-order chi connectivity index (χ0) is 11.0. The first-order valence-electron chi connectivity index (χ1n) is 5.79. The van der Waals surface area contributed by atoms with Gasteiger partial charge in [0.1, 0.15) is 6.10 Å². The van der Waals surface area contributed by atoms with Gasteiger partial charge in [0.05, 0.1) is 12.6 Å². The number of ether oxygens (including phenoxy) is 1. The van der Waals surface area contributed by atoms with Crippen LogP contribution in [0, 0.1) is 0 Å². The molecule has 2 atom stereocenters. The van der Waals surface area contributed by atoms with Crippen LogP contribution in [0.3, 0.4) is 0 Å². The van der Waals surface area contributed by atoms with E-state index in [2.05, 4.69) is 12.1 Å². The second-order valence-corrected chi connectivity index (χ2v) is 4.49. The first kappa shape index (κ1) is 9.85. The Morgan fingerprint density at radius 1 is 1.31 bits per heavy atom. The molecule has 0 aromatic heterocycles. The summed E-state index contributed by atoms with van der Waals surface area (Å²) in [5.74, 6) is 0.268. The smallest absolute Gasteiger partial charge is 0.223 e. The van der Waals surface area contributed by atoms with Gasteiger partial charge < -0.3 is 9.64 Å². The molecule has 0 N–H and O–H groups in total. The first-order valence-corrected chi connectivity index (χ1v) is 5.79. The molecule has 2 saturated heterocycles. The third-order valence-electron chi connectivity index (χ3n) is 3.36. The lowest BCUT2D eigenvalue weighted by Crippen LogP contribution is -2.36. The monoisotopic (exact) mass is 217 g/mol. The van der Waals surface area contributed by atoms with E-state index in [4.69, 9.17) is 4.74 Å². The van der Waals surface area contributed by atoms with Gasteiger partial charge in [0.15, 0.2) is 0 Å². The van der Waals surface area contributed by atoms with Crippen molar-refractivity contribution >= 4 is 5.91 Å². The fourth-order valence-corrected chi connectivity index (χ4v) is 2.41. The molecular formula is C13H15NO2. The molecule has 16 heavy (non-hydrogen) atoms. The second kappa shape index (κ2) is 3.91. The van der Waals surface area contributed by atoms with Crippen LogP contribution in [0.5, 0.6) is 0 Å². The van der Waals surface area contributed by atoms with E-state index >= 15 is 0 Å². The summed E-state index contributed by atoms with van der Waals surface area (Å²) >= 11 is 0. The Bertz CT molecular complexity index is 386. The van der Waals surface area contributed by atoms with Crippen LogP contribution in [0.1, 0.15) is 18.4 Å². The zero-order valence-corrected chi connectivity index (χ0v) is 9.13. The maximum absolute atomic E-state index is 11.8. The van der Waals surface area contributed by atoms with E-state index in [1.54, 1.807) is 0 Å². The molecule has 0 bridgehead atoms. The van der Waals surface area contributed by atoms with Gasteiger partial charge in [0, 0.05) is 13.0 Å². The molecule has 0 radical (unpaired) electrons. The van der Waals surface area contributed by atoms with Crippen molar-refractivity contribution in [2.75, 3.05) is 6.61 Å². The van der Waals surface area contributed by atoms with E-state index < -0.39 is 0 Å². The molecule has 3 heteroatoms. The lowest BCUT2D eigenvalue weighted by Gasteiger charge is -2.23. The summed E-state index contributed by atoms with van der Waals surface area (Å²) in [5.41, 5.74) is 1.20. The first-order chi connectivity index (χ1) is 7.84. The van der Waals surface area contributed by atoms with E-state index in [-0.39, 0.29) is 5.91 Å². The average molecular weight is 217 g/mol. The van der Waals surface area contributed by atoms with Crippen molar-refractivity contribution in [3.8, 4) is 0 Å². The van der Waals surface area contributed by atoms with Crippen molar-refractivity contribution < 1.29 is 9.53 Å². The Morgan fingerprint density at radius 2 is 2.06 bits per heavy atom. The van der Waals surface area contributed by atoms with Crippen molar-refractivity contribution in [2.24, 2.45) is 0 Å². The number of hydrogen-bond acceptors (Lipinski definition) is 2. The zero-order valence-electron chi connectivity index (χ0n) is 9.13. The minimum absolute atomic E-state index is 0.268. The Labute approximate surface area is 95.0 Å². The van der Waals surface area contributed by atoms with Crippen molar-refractivity contribution in [2.45, 2.75) is 31.5 Å². The molecule has 1 unspecified atom stereocenters. The summed E-state index contributed by atoms with van der Waals surface area (Å²) in [6.07, 6.45) is 1.93. The highest BCUT2D eigenvalue weighted by Crippen LogP contribution is 2.30. The summed E-state index contributed by atoms with van der Waals surface area (Å²) < 4.78 is 5.31. The SMILES string of the molecule is O=C1CC[C@H](C2CO2)N1Cc1ccccc1. The van der Waals surface area contributed by atoms with Crippen LogP contribution in [0.15, 0.2) is 30.3 Å². The Balaban J connectivity index is 1.74. The van der Waals surface area contributed by atoms with Crippen LogP contribution in [0.4, 0.5) is 0 Å². The van der Waals surface area contributed by atoms with Crippen molar-refractivity contribution in [1.82, 2.24) is 4.90 Å². The van der Waals surface area contributed by atoms with Crippen LogP contribution >= 0.6 is 0 Å². The number of carbonyl (C=O) groups is 1. The molecule has 1 aromatic carbocycles. The Hall–Kier alpha value is -1.35. The van der Waals surface area contributed by atoms with Gasteiger partial charge in [-0.05, 0) is 12.0 Å². The third kappa shape index (κ3) is 1.83. The predicted molar refractivity (Wildman–Crippen MR) is 59.8 cm³/mol. The topological polar surface area (TPSA) is 32.8 Å². The maximum atomic E-state index is 11.8. The summed E-state index contributed by atoms with van der Waals surface area (Å²) in [7, 11) is 0. The van der Waals surface area contributed by atoms with Crippen molar-refractivity contribution in [1.29, 1.82) is 0 Å². The van der Waals surface area contributed by atoms with E-state index in [0.717, 1.165) is 19.6 Å². The van der Waals surface area contributed by atoms with Gasteiger partial charge in [-0.25, -0.2) is 0 Å². The van der Waals surface area contributed by atoms with Crippen molar-refractivity contribution in [3.63, 3.8) is 0 Å². The predicted octanol–water partition coefficient (Wildman–Crippen LogP) is 1.58. The van der Waals surface area contributed by atoms with E-state index in [1.807, 2.05) is 23.1 Å². The average Bonchev–Trinajstić information content (AvgIpc) is 3.08. The highest BCUT2D eigenvalue weighted by Gasteiger charge is 2.42. The number of likely N-dealkylation sites (tertiary alicyclic amines) is 1. The molecule has 0 saturated carbocycles. The van der Waals surface area contributed by atoms with Crippen LogP contribution in [-0.4, -0.2) is 29.6 Å². The highest BCUT2D eigenvalue weighted by atomic mass is 16.6. The molecule has 2 heterocycles. The van der Waals surface area contributed by atoms with Gasteiger partial charge >= 0.3 is 0 Å². The third-order valence-corrected chi connectivity index (χ3v) is 3.36. The van der Waals surface area contributed by atoms with Gasteiger partial charge in [0.2, 0.25) is 5.91 Å². The van der Waals surface area contributed by atoms with Crippen LogP contribution in [0.25, 0.3) is 0 Å². The number of hydrogen-bond donors (Lipinski definition) is 0. The van der Waals surface area contributed by atoms with E-state index in [9.17, 15) is 4.79 Å².